The molecule has 1 saturated heterocycles. The lowest BCUT2D eigenvalue weighted by Gasteiger charge is -2.32. The molecule has 140 valence electrons. The lowest BCUT2D eigenvalue weighted by molar-refractivity contribution is 0.0509. The number of nitrogens with one attached hydrogen (secondary N) is 1. The molecular weight excluding hydrogens is 394 g/mol. The highest BCUT2D eigenvalue weighted by Gasteiger charge is 2.23. The molecule has 1 fully saturated rings. The van der Waals surface area contributed by atoms with Crippen molar-refractivity contribution in [2.45, 2.75) is 45.8 Å². The number of halogens is 3. The molecule has 1 amide bonds. The third-order valence-corrected chi connectivity index (χ3v) is 5.02. The Morgan fingerprint density at radius 2 is 1.88 bits per heavy atom. The Morgan fingerprint density at radius 3 is 2.48 bits per heavy atom. The van der Waals surface area contributed by atoms with Crippen LogP contribution >= 0.6 is 15.9 Å². The highest BCUT2D eigenvalue weighted by atomic mass is 79.9. The van der Waals surface area contributed by atoms with Crippen LogP contribution in [-0.4, -0.2) is 36.2 Å². The Kier molecular flexibility index (Phi) is 6.79. The van der Waals surface area contributed by atoms with Crippen LogP contribution in [0.25, 0.3) is 0 Å². The van der Waals surface area contributed by atoms with Crippen LogP contribution in [-0.2, 0) is 11.3 Å². The molecule has 0 spiro atoms. The fourth-order valence-electron chi connectivity index (χ4n) is 2.83. The average Bonchev–Trinajstić information content (AvgIpc) is 2.53. The van der Waals surface area contributed by atoms with Gasteiger partial charge in [0.15, 0.2) is 0 Å². The lowest BCUT2D eigenvalue weighted by Crippen LogP contribution is -2.40. The second-order valence-corrected chi connectivity index (χ2v) is 8.22. The summed E-state index contributed by atoms with van der Waals surface area (Å²) in [7, 11) is 0. The van der Waals surface area contributed by atoms with E-state index in [1.165, 1.54) is 0 Å². The maximum Gasteiger partial charge on any atom is 0.407 e. The first-order valence-corrected chi connectivity index (χ1v) is 9.26. The van der Waals surface area contributed by atoms with E-state index in [2.05, 4.69) is 26.1 Å². The van der Waals surface area contributed by atoms with Crippen molar-refractivity contribution in [3.8, 4) is 0 Å². The van der Waals surface area contributed by atoms with Crippen molar-refractivity contribution in [1.29, 1.82) is 0 Å². The summed E-state index contributed by atoms with van der Waals surface area (Å²) >= 11 is 3.13. The van der Waals surface area contributed by atoms with Gasteiger partial charge in [-0.05, 0) is 80.7 Å². The maximum absolute atomic E-state index is 13.9. The number of likely N-dealkylation sites (tertiary alicyclic amines) is 1. The largest absolute Gasteiger partial charge is 0.444 e. The third-order valence-electron chi connectivity index (χ3n) is 4.16. The van der Waals surface area contributed by atoms with E-state index in [4.69, 9.17) is 4.74 Å². The van der Waals surface area contributed by atoms with E-state index in [-0.39, 0.29) is 4.47 Å². The number of piperidine rings is 1. The van der Waals surface area contributed by atoms with Gasteiger partial charge >= 0.3 is 6.09 Å². The Labute approximate surface area is 156 Å². The zero-order valence-corrected chi connectivity index (χ0v) is 16.5. The van der Waals surface area contributed by atoms with Gasteiger partial charge < -0.3 is 10.1 Å². The highest BCUT2D eigenvalue weighted by molar-refractivity contribution is 9.10. The number of amides is 1. The minimum absolute atomic E-state index is 0.196. The minimum atomic E-state index is -0.504. The molecule has 0 unspecified atom stereocenters. The van der Waals surface area contributed by atoms with Crippen molar-refractivity contribution in [3.63, 3.8) is 0 Å². The zero-order valence-electron chi connectivity index (χ0n) is 14.9. The summed E-state index contributed by atoms with van der Waals surface area (Å²) in [6.07, 6.45) is 1.38. The van der Waals surface area contributed by atoms with E-state index in [0.29, 0.717) is 24.6 Å². The number of benzene rings is 1. The van der Waals surface area contributed by atoms with Crippen molar-refractivity contribution in [2.24, 2.45) is 5.92 Å². The standard InChI is InChI=1S/C18H25BrF2N2O2/c1-18(2,3)25-17(24)22-10-12-6-8-23(9-7-12)11-13-14(20)4-5-15(21)16(13)19/h4-5,12H,6-11H2,1-3H3,(H,22,24). The molecule has 1 aromatic rings. The first kappa shape index (κ1) is 20.1. The van der Waals surface area contributed by atoms with Gasteiger partial charge in [0.2, 0.25) is 0 Å². The molecule has 1 N–H and O–H groups in total. The number of carbonyl (C=O) groups excluding carboxylic acids is 1. The minimum Gasteiger partial charge on any atom is -0.444 e. The molecule has 0 radical (unpaired) electrons. The second-order valence-electron chi connectivity index (χ2n) is 7.42. The van der Waals surface area contributed by atoms with Gasteiger partial charge in [-0.1, -0.05) is 0 Å². The van der Waals surface area contributed by atoms with Gasteiger partial charge in [0.1, 0.15) is 17.2 Å². The molecule has 0 saturated carbocycles. The maximum atomic E-state index is 13.9. The van der Waals surface area contributed by atoms with Crippen LogP contribution in [0.4, 0.5) is 13.6 Å². The third kappa shape index (κ3) is 6.22. The van der Waals surface area contributed by atoms with Gasteiger partial charge in [0, 0.05) is 18.7 Å². The summed E-state index contributed by atoms with van der Waals surface area (Å²) in [5.74, 6) is -0.487. The monoisotopic (exact) mass is 418 g/mol. The molecule has 1 aromatic carbocycles. The van der Waals surface area contributed by atoms with Gasteiger partial charge in [-0.25, -0.2) is 13.6 Å². The number of hydrogen-bond donors (Lipinski definition) is 1. The number of alkyl carbamates (subject to hydrolysis) is 1. The van der Waals surface area contributed by atoms with E-state index in [1.807, 2.05) is 20.8 Å². The summed E-state index contributed by atoms with van der Waals surface area (Å²) in [6, 6.07) is 2.28. The van der Waals surface area contributed by atoms with Gasteiger partial charge in [-0.2, -0.15) is 0 Å². The van der Waals surface area contributed by atoms with Crippen LogP contribution in [0, 0.1) is 17.6 Å². The SMILES string of the molecule is CC(C)(C)OC(=O)NCC1CCN(Cc2c(F)ccc(F)c2Br)CC1. The molecule has 0 atom stereocenters. The van der Waals surface area contributed by atoms with Crippen LogP contribution in [0.15, 0.2) is 16.6 Å². The normalized spacial score (nSPS) is 16.7. The fourth-order valence-corrected chi connectivity index (χ4v) is 3.28. The molecule has 0 aromatic heterocycles. The summed E-state index contributed by atoms with van der Waals surface area (Å²) in [6.45, 7) is 7.99. The van der Waals surface area contributed by atoms with Gasteiger partial charge in [-0.15, -0.1) is 0 Å². The molecule has 25 heavy (non-hydrogen) atoms. The summed E-state index contributed by atoms with van der Waals surface area (Å²) in [4.78, 5) is 13.8. The van der Waals surface area contributed by atoms with Crippen molar-refractivity contribution in [1.82, 2.24) is 10.2 Å². The topological polar surface area (TPSA) is 41.6 Å². The van der Waals surface area contributed by atoms with Gasteiger partial charge in [0.25, 0.3) is 0 Å². The van der Waals surface area contributed by atoms with E-state index in [0.717, 1.165) is 38.1 Å². The number of hydrogen-bond acceptors (Lipinski definition) is 3. The van der Waals surface area contributed by atoms with Crippen molar-refractivity contribution >= 4 is 22.0 Å². The quantitative estimate of drug-likeness (QED) is 0.733. The first-order valence-electron chi connectivity index (χ1n) is 8.47. The van der Waals surface area contributed by atoms with Gasteiger partial charge in [0.05, 0.1) is 4.47 Å². The Hall–Kier alpha value is -1.21. The van der Waals surface area contributed by atoms with Crippen molar-refractivity contribution in [3.05, 3.63) is 33.8 Å². The van der Waals surface area contributed by atoms with Crippen molar-refractivity contribution in [2.75, 3.05) is 19.6 Å². The smallest absolute Gasteiger partial charge is 0.407 e. The van der Waals surface area contributed by atoms with Crippen LogP contribution in [0.1, 0.15) is 39.2 Å². The zero-order chi connectivity index (χ0) is 18.6. The summed E-state index contributed by atoms with van der Waals surface area (Å²) in [5.41, 5.74) is -0.152. The van der Waals surface area contributed by atoms with Crippen LogP contribution in [0.2, 0.25) is 0 Å². The predicted molar refractivity (Wildman–Crippen MR) is 96.3 cm³/mol. The summed E-state index contributed by atoms with van der Waals surface area (Å²) in [5, 5.41) is 2.80. The molecule has 7 heteroatoms. The summed E-state index contributed by atoms with van der Waals surface area (Å²) < 4.78 is 32.9. The van der Waals surface area contributed by atoms with Crippen LogP contribution in [0.5, 0.6) is 0 Å². The fraction of sp³-hybridized carbons (Fsp3) is 0.611. The lowest BCUT2D eigenvalue weighted by atomic mass is 9.96. The van der Waals surface area contributed by atoms with E-state index in [9.17, 15) is 13.6 Å². The molecule has 1 heterocycles. The Bertz CT molecular complexity index is 612. The van der Waals surface area contributed by atoms with Crippen LogP contribution in [0.3, 0.4) is 0 Å². The molecular formula is C18H25BrF2N2O2. The molecule has 1 aliphatic heterocycles. The van der Waals surface area contributed by atoms with E-state index in [1.54, 1.807) is 0 Å². The van der Waals surface area contributed by atoms with E-state index < -0.39 is 23.3 Å². The molecule has 2 rings (SSSR count). The van der Waals surface area contributed by atoms with Crippen molar-refractivity contribution < 1.29 is 18.3 Å². The molecule has 1 aliphatic rings. The Balaban J connectivity index is 1.79. The van der Waals surface area contributed by atoms with E-state index >= 15 is 0 Å². The highest BCUT2D eigenvalue weighted by Crippen LogP contribution is 2.26. The number of rotatable bonds is 4. The molecule has 4 nitrogen and oxygen atoms in total. The number of nitrogens with zero attached hydrogens (tertiary/aromatic N) is 1. The predicted octanol–water partition coefficient (Wildman–Crippen LogP) is 4.46. The molecule has 0 aliphatic carbocycles. The number of ether oxygens (including phenoxy) is 1. The van der Waals surface area contributed by atoms with Gasteiger partial charge in [-0.3, -0.25) is 4.90 Å². The molecule has 0 bridgehead atoms. The van der Waals surface area contributed by atoms with Crippen LogP contribution < -0.4 is 5.32 Å². The first-order chi connectivity index (χ1) is 11.7. The average molecular weight is 419 g/mol. The second kappa shape index (κ2) is 8.45. The number of carbonyl (C=O) groups is 1. The Morgan fingerprint density at radius 1 is 1.28 bits per heavy atom.